The lowest BCUT2D eigenvalue weighted by Gasteiger charge is -1.96. The molecule has 0 aliphatic rings. The van der Waals surface area contributed by atoms with Crippen LogP contribution < -0.4 is 0 Å². The van der Waals surface area contributed by atoms with E-state index in [0.29, 0.717) is 32.5 Å². The molecule has 3 nitrogen and oxygen atoms in total. The zero-order valence-corrected chi connectivity index (χ0v) is 10.4. The van der Waals surface area contributed by atoms with Gasteiger partial charge in [-0.05, 0) is 18.2 Å². The molecule has 3 rings (SSSR count). The number of nitrogens with zero attached hydrogens (tertiary/aromatic N) is 2. The van der Waals surface area contributed by atoms with E-state index in [9.17, 15) is 4.39 Å². The summed E-state index contributed by atoms with van der Waals surface area (Å²) in [5.41, 5.74) is 1.69. The molecule has 2 aromatic heterocycles. The Morgan fingerprint density at radius 3 is 2.72 bits per heavy atom. The minimum absolute atomic E-state index is 0.355. The number of hydrogen-bond donors (Lipinski definition) is 1. The second-order valence-corrected chi connectivity index (χ2v) is 4.54. The SMILES string of the molecule is Fc1cnccc1-c1nc2cc(Cl)c(Cl)cc2[nH]1. The van der Waals surface area contributed by atoms with Crippen LogP contribution in [0, 0.1) is 5.82 Å². The van der Waals surface area contributed by atoms with Crippen molar-refractivity contribution in [1.29, 1.82) is 0 Å². The van der Waals surface area contributed by atoms with Crippen molar-refractivity contribution >= 4 is 34.2 Å². The van der Waals surface area contributed by atoms with E-state index in [2.05, 4.69) is 15.0 Å². The van der Waals surface area contributed by atoms with Crippen molar-refractivity contribution < 1.29 is 4.39 Å². The first-order valence-electron chi connectivity index (χ1n) is 5.10. The van der Waals surface area contributed by atoms with Crippen LogP contribution in [0.1, 0.15) is 0 Å². The quantitative estimate of drug-likeness (QED) is 0.731. The predicted molar refractivity (Wildman–Crippen MR) is 69.3 cm³/mol. The third kappa shape index (κ3) is 1.83. The third-order valence-electron chi connectivity index (χ3n) is 2.55. The van der Waals surface area contributed by atoms with Crippen LogP contribution >= 0.6 is 23.2 Å². The van der Waals surface area contributed by atoms with E-state index in [0.717, 1.165) is 6.20 Å². The molecule has 0 aliphatic carbocycles. The van der Waals surface area contributed by atoms with E-state index in [1.165, 1.54) is 6.20 Å². The van der Waals surface area contributed by atoms with Crippen molar-refractivity contribution in [3.05, 3.63) is 46.5 Å². The number of H-pyrrole nitrogens is 1. The maximum atomic E-state index is 13.6. The van der Waals surface area contributed by atoms with Gasteiger partial charge in [0.25, 0.3) is 0 Å². The average molecular weight is 282 g/mol. The van der Waals surface area contributed by atoms with Crippen molar-refractivity contribution in [1.82, 2.24) is 15.0 Å². The van der Waals surface area contributed by atoms with Crippen LogP contribution in [-0.2, 0) is 0 Å². The number of halogens is 3. The van der Waals surface area contributed by atoms with Gasteiger partial charge in [0.1, 0.15) is 5.82 Å². The van der Waals surface area contributed by atoms with Crippen LogP contribution in [0.2, 0.25) is 10.0 Å². The molecule has 2 heterocycles. The molecule has 0 radical (unpaired) electrons. The zero-order valence-electron chi connectivity index (χ0n) is 8.92. The largest absolute Gasteiger partial charge is 0.338 e. The maximum Gasteiger partial charge on any atom is 0.152 e. The number of aromatic nitrogens is 3. The number of rotatable bonds is 1. The van der Waals surface area contributed by atoms with E-state index >= 15 is 0 Å². The van der Waals surface area contributed by atoms with Gasteiger partial charge in [-0.1, -0.05) is 23.2 Å². The number of nitrogens with one attached hydrogen (secondary N) is 1. The second-order valence-electron chi connectivity index (χ2n) is 3.72. The Bertz CT molecular complexity index is 700. The first-order chi connectivity index (χ1) is 8.65. The summed E-state index contributed by atoms with van der Waals surface area (Å²) in [6, 6.07) is 4.85. The highest BCUT2D eigenvalue weighted by Crippen LogP contribution is 2.29. The predicted octanol–water partition coefficient (Wildman–Crippen LogP) is 4.07. The van der Waals surface area contributed by atoms with Gasteiger partial charge in [0.2, 0.25) is 0 Å². The van der Waals surface area contributed by atoms with Gasteiger partial charge in [-0.2, -0.15) is 0 Å². The molecule has 0 unspecified atom stereocenters. The van der Waals surface area contributed by atoms with Gasteiger partial charge in [0.05, 0.1) is 32.8 Å². The summed E-state index contributed by atoms with van der Waals surface area (Å²) in [7, 11) is 0. The number of pyridine rings is 1. The molecule has 0 fully saturated rings. The van der Waals surface area contributed by atoms with E-state index in [1.807, 2.05) is 0 Å². The Morgan fingerprint density at radius 2 is 1.94 bits per heavy atom. The van der Waals surface area contributed by atoms with Crippen molar-refractivity contribution in [2.24, 2.45) is 0 Å². The molecule has 90 valence electrons. The van der Waals surface area contributed by atoms with Gasteiger partial charge in [0, 0.05) is 6.20 Å². The molecule has 1 N–H and O–H groups in total. The summed E-state index contributed by atoms with van der Waals surface area (Å²) in [6.45, 7) is 0. The third-order valence-corrected chi connectivity index (χ3v) is 3.27. The number of imidazole rings is 1. The molecular weight excluding hydrogens is 276 g/mol. The van der Waals surface area contributed by atoms with Gasteiger partial charge in [-0.15, -0.1) is 0 Å². The lowest BCUT2D eigenvalue weighted by Crippen LogP contribution is -1.86. The minimum Gasteiger partial charge on any atom is -0.338 e. The lowest BCUT2D eigenvalue weighted by atomic mass is 10.2. The second kappa shape index (κ2) is 4.23. The number of benzene rings is 1. The van der Waals surface area contributed by atoms with Gasteiger partial charge in [-0.3, -0.25) is 4.98 Å². The average Bonchev–Trinajstić information content (AvgIpc) is 2.73. The highest BCUT2D eigenvalue weighted by molar-refractivity contribution is 6.42. The number of aromatic amines is 1. The highest BCUT2D eigenvalue weighted by Gasteiger charge is 2.11. The van der Waals surface area contributed by atoms with Gasteiger partial charge in [0.15, 0.2) is 5.82 Å². The molecular formula is C12H6Cl2FN3. The summed E-state index contributed by atoms with van der Waals surface area (Å²) in [5.74, 6) is -0.0167. The fourth-order valence-electron chi connectivity index (χ4n) is 1.70. The summed E-state index contributed by atoms with van der Waals surface area (Å²) in [4.78, 5) is 11.0. The molecule has 6 heteroatoms. The fraction of sp³-hybridized carbons (Fsp3) is 0. The van der Waals surface area contributed by atoms with Crippen molar-refractivity contribution in [2.45, 2.75) is 0 Å². The molecule has 0 amide bonds. The molecule has 0 bridgehead atoms. The molecule has 18 heavy (non-hydrogen) atoms. The Morgan fingerprint density at radius 1 is 1.17 bits per heavy atom. The topological polar surface area (TPSA) is 41.6 Å². The van der Waals surface area contributed by atoms with Crippen molar-refractivity contribution in [2.75, 3.05) is 0 Å². The summed E-state index contributed by atoms with van der Waals surface area (Å²) >= 11 is 11.8. The Labute approximate surface area is 112 Å². The fourth-order valence-corrected chi connectivity index (χ4v) is 2.02. The molecule has 0 atom stereocenters. The maximum absolute atomic E-state index is 13.6. The van der Waals surface area contributed by atoms with Crippen LogP contribution in [-0.4, -0.2) is 15.0 Å². The molecule has 0 spiro atoms. The summed E-state index contributed by atoms with van der Waals surface area (Å²) in [5, 5.41) is 0.840. The normalized spacial score (nSPS) is 11.1. The van der Waals surface area contributed by atoms with Gasteiger partial charge in [-0.25, -0.2) is 9.37 Å². The Balaban J connectivity index is 2.23. The smallest absolute Gasteiger partial charge is 0.152 e. The summed E-state index contributed by atoms with van der Waals surface area (Å²) < 4.78 is 13.6. The molecule has 3 aromatic rings. The number of fused-ring (bicyclic) bond motifs is 1. The van der Waals surface area contributed by atoms with Crippen molar-refractivity contribution in [3.63, 3.8) is 0 Å². The Hall–Kier alpha value is -1.65. The lowest BCUT2D eigenvalue weighted by molar-refractivity contribution is 0.624. The molecule has 1 aromatic carbocycles. The van der Waals surface area contributed by atoms with E-state index in [-0.39, 0.29) is 0 Å². The van der Waals surface area contributed by atoms with Crippen LogP contribution in [0.25, 0.3) is 22.4 Å². The minimum atomic E-state index is -0.436. The first-order valence-corrected chi connectivity index (χ1v) is 5.85. The highest BCUT2D eigenvalue weighted by atomic mass is 35.5. The van der Waals surface area contributed by atoms with Crippen molar-refractivity contribution in [3.8, 4) is 11.4 Å². The Kier molecular flexibility index (Phi) is 2.69. The first kappa shape index (κ1) is 11.4. The van der Waals surface area contributed by atoms with Gasteiger partial charge < -0.3 is 4.98 Å². The molecule has 0 aliphatic heterocycles. The van der Waals surface area contributed by atoms with E-state index in [1.54, 1.807) is 18.2 Å². The monoisotopic (exact) mass is 281 g/mol. The van der Waals surface area contributed by atoms with Crippen LogP contribution in [0.5, 0.6) is 0 Å². The van der Waals surface area contributed by atoms with Crippen LogP contribution in [0.15, 0.2) is 30.6 Å². The standard InChI is InChI=1S/C12H6Cl2FN3/c13-7-3-10-11(4-8(7)14)18-12(17-10)6-1-2-16-5-9(6)15/h1-5H,(H,17,18). The van der Waals surface area contributed by atoms with Gasteiger partial charge >= 0.3 is 0 Å². The summed E-state index contributed by atoms with van der Waals surface area (Å²) in [6.07, 6.45) is 2.65. The van der Waals surface area contributed by atoms with E-state index in [4.69, 9.17) is 23.2 Å². The van der Waals surface area contributed by atoms with Crippen LogP contribution in [0.4, 0.5) is 4.39 Å². The molecule has 0 saturated heterocycles. The zero-order chi connectivity index (χ0) is 12.7. The van der Waals surface area contributed by atoms with E-state index < -0.39 is 5.82 Å². The number of hydrogen-bond acceptors (Lipinski definition) is 2. The van der Waals surface area contributed by atoms with Crippen LogP contribution in [0.3, 0.4) is 0 Å². The molecule has 0 saturated carbocycles.